The molecular formula is C22H24N4O2S2. The molecule has 0 spiro atoms. The van der Waals surface area contributed by atoms with E-state index in [1.165, 1.54) is 16.2 Å². The van der Waals surface area contributed by atoms with Gasteiger partial charge in [-0.05, 0) is 48.1 Å². The fourth-order valence-electron chi connectivity index (χ4n) is 2.73. The van der Waals surface area contributed by atoms with Gasteiger partial charge in [-0.2, -0.15) is 0 Å². The van der Waals surface area contributed by atoms with E-state index in [-0.39, 0.29) is 11.8 Å². The van der Waals surface area contributed by atoms with Crippen molar-refractivity contribution >= 4 is 40.6 Å². The van der Waals surface area contributed by atoms with Crippen LogP contribution in [0.15, 0.2) is 53.4 Å². The molecule has 0 aliphatic rings. The number of benzene rings is 2. The molecule has 3 aromatic rings. The summed E-state index contributed by atoms with van der Waals surface area (Å²) in [5, 5.41) is 14.9. The van der Waals surface area contributed by atoms with Gasteiger partial charge >= 0.3 is 0 Å². The predicted molar refractivity (Wildman–Crippen MR) is 122 cm³/mol. The Kier molecular flexibility index (Phi) is 7.59. The van der Waals surface area contributed by atoms with E-state index in [9.17, 15) is 9.59 Å². The molecule has 0 saturated carbocycles. The first kappa shape index (κ1) is 22.0. The van der Waals surface area contributed by atoms with Crippen LogP contribution < -0.4 is 10.6 Å². The van der Waals surface area contributed by atoms with Crippen molar-refractivity contribution in [3.05, 3.63) is 69.7 Å². The summed E-state index contributed by atoms with van der Waals surface area (Å²) in [6.45, 7) is 4.63. The van der Waals surface area contributed by atoms with Crippen molar-refractivity contribution in [3.63, 3.8) is 0 Å². The van der Waals surface area contributed by atoms with Crippen LogP contribution in [0.3, 0.4) is 0 Å². The number of anilines is 1. The number of aromatic nitrogens is 2. The van der Waals surface area contributed by atoms with Crippen LogP contribution in [-0.4, -0.2) is 28.3 Å². The van der Waals surface area contributed by atoms with E-state index in [2.05, 4.69) is 34.7 Å². The second-order valence-corrected chi connectivity index (χ2v) is 9.11. The first-order valence-corrected chi connectivity index (χ1v) is 11.6. The van der Waals surface area contributed by atoms with Crippen LogP contribution >= 0.6 is 23.1 Å². The molecule has 0 aliphatic heterocycles. The summed E-state index contributed by atoms with van der Waals surface area (Å²) in [7, 11) is 0. The van der Waals surface area contributed by atoms with Crippen molar-refractivity contribution in [2.75, 3.05) is 11.6 Å². The topological polar surface area (TPSA) is 84.0 Å². The summed E-state index contributed by atoms with van der Waals surface area (Å²) in [6.07, 6.45) is 2.82. The Labute approximate surface area is 184 Å². The number of hydrogen-bond acceptors (Lipinski definition) is 6. The zero-order valence-corrected chi connectivity index (χ0v) is 18.8. The van der Waals surface area contributed by atoms with Gasteiger partial charge < -0.3 is 10.6 Å². The normalized spacial score (nSPS) is 10.8. The molecule has 1 heterocycles. The first-order chi connectivity index (χ1) is 14.4. The zero-order chi connectivity index (χ0) is 21.5. The van der Waals surface area contributed by atoms with Gasteiger partial charge in [0.05, 0.1) is 0 Å². The third-order valence-electron chi connectivity index (χ3n) is 4.24. The molecule has 0 atom stereocenters. The Morgan fingerprint density at radius 2 is 1.83 bits per heavy atom. The van der Waals surface area contributed by atoms with Crippen LogP contribution in [0, 0.1) is 5.92 Å². The van der Waals surface area contributed by atoms with Gasteiger partial charge in [-0.15, -0.1) is 22.0 Å². The Hall–Kier alpha value is -2.71. The quantitative estimate of drug-likeness (QED) is 0.499. The highest BCUT2D eigenvalue weighted by Gasteiger charge is 2.15. The molecule has 2 amide bonds. The lowest BCUT2D eigenvalue weighted by molar-refractivity contribution is 0.0949. The molecule has 8 heteroatoms. The van der Waals surface area contributed by atoms with Crippen LogP contribution in [0.2, 0.25) is 0 Å². The molecule has 30 heavy (non-hydrogen) atoms. The maximum Gasteiger partial charge on any atom is 0.286 e. The van der Waals surface area contributed by atoms with Gasteiger partial charge in [0.2, 0.25) is 5.01 Å². The number of thioether (sulfide) groups is 1. The van der Waals surface area contributed by atoms with Gasteiger partial charge in [-0.25, -0.2) is 0 Å². The van der Waals surface area contributed by atoms with Crippen LogP contribution in [0.1, 0.15) is 44.6 Å². The van der Waals surface area contributed by atoms with Crippen LogP contribution in [-0.2, 0) is 13.0 Å². The third kappa shape index (κ3) is 6.14. The Bertz CT molecular complexity index is 1020. The first-order valence-electron chi connectivity index (χ1n) is 9.59. The third-order valence-corrected chi connectivity index (χ3v) is 5.93. The number of amides is 2. The van der Waals surface area contributed by atoms with Crippen molar-refractivity contribution in [2.45, 2.75) is 31.7 Å². The van der Waals surface area contributed by atoms with Gasteiger partial charge in [0.1, 0.15) is 5.01 Å². The highest BCUT2D eigenvalue weighted by atomic mass is 32.2. The fraction of sp³-hybridized carbons (Fsp3) is 0.273. The van der Waals surface area contributed by atoms with E-state index in [0.717, 1.165) is 17.0 Å². The second kappa shape index (κ2) is 10.4. The molecular weight excluding hydrogens is 416 g/mol. The van der Waals surface area contributed by atoms with Gasteiger partial charge in [0, 0.05) is 29.1 Å². The molecule has 0 unspecified atom stereocenters. The average Bonchev–Trinajstić information content (AvgIpc) is 3.20. The smallest absolute Gasteiger partial charge is 0.286 e. The molecule has 2 N–H and O–H groups in total. The number of nitrogens with zero attached hydrogens (tertiary/aromatic N) is 2. The molecule has 0 radical (unpaired) electrons. The van der Waals surface area contributed by atoms with Crippen LogP contribution in [0.5, 0.6) is 0 Å². The molecule has 1 aromatic heterocycles. The number of hydrogen-bond donors (Lipinski definition) is 2. The lowest BCUT2D eigenvalue weighted by Crippen LogP contribution is -2.23. The Morgan fingerprint density at radius 3 is 2.53 bits per heavy atom. The van der Waals surface area contributed by atoms with E-state index < -0.39 is 0 Å². The summed E-state index contributed by atoms with van der Waals surface area (Å²) in [5.41, 5.74) is 2.04. The van der Waals surface area contributed by atoms with Gasteiger partial charge in [-0.3, -0.25) is 9.59 Å². The van der Waals surface area contributed by atoms with Crippen molar-refractivity contribution in [1.29, 1.82) is 0 Å². The lowest BCUT2D eigenvalue weighted by Gasteiger charge is -2.08. The van der Waals surface area contributed by atoms with Gasteiger partial charge in [0.25, 0.3) is 11.8 Å². The van der Waals surface area contributed by atoms with Crippen LogP contribution in [0.25, 0.3) is 0 Å². The van der Waals surface area contributed by atoms with Crippen molar-refractivity contribution in [3.8, 4) is 0 Å². The van der Waals surface area contributed by atoms with Crippen molar-refractivity contribution in [1.82, 2.24) is 15.5 Å². The van der Waals surface area contributed by atoms with Crippen molar-refractivity contribution in [2.24, 2.45) is 5.92 Å². The number of carbonyl (C=O) groups excluding carboxylic acids is 2. The monoisotopic (exact) mass is 440 g/mol. The Morgan fingerprint density at radius 1 is 1.07 bits per heavy atom. The fourth-order valence-corrected chi connectivity index (χ4v) is 4.08. The minimum absolute atomic E-state index is 0.199. The largest absolute Gasteiger partial charge is 0.348 e. The molecule has 0 saturated heterocycles. The highest BCUT2D eigenvalue weighted by molar-refractivity contribution is 7.98. The predicted octanol–water partition coefficient (Wildman–Crippen LogP) is 4.64. The zero-order valence-electron chi connectivity index (χ0n) is 17.1. The second-order valence-electron chi connectivity index (χ2n) is 7.16. The molecule has 2 aromatic carbocycles. The lowest BCUT2D eigenvalue weighted by atomic mass is 10.1. The average molecular weight is 441 g/mol. The number of nitrogens with one attached hydrogen (secondary N) is 2. The number of carbonyl (C=O) groups is 2. The molecule has 0 fully saturated rings. The van der Waals surface area contributed by atoms with E-state index in [1.807, 2.05) is 30.5 Å². The minimum Gasteiger partial charge on any atom is -0.348 e. The molecule has 0 aliphatic carbocycles. The van der Waals surface area contributed by atoms with E-state index in [4.69, 9.17) is 0 Å². The summed E-state index contributed by atoms with van der Waals surface area (Å²) >= 11 is 2.97. The standard InChI is InChI=1S/C22H24N4O2S2/c1-14(2)11-19-25-26-22(30-19)21(28)24-17-6-4-5-16(12-17)20(27)23-13-15-7-9-18(29-3)10-8-15/h4-10,12,14H,11,13H2,1-3H3,(H,23,27)(H,24,28). The molecule has 3 rings (SSSR count). The SMILES string of the molecule is CSc1ccc(CNC(=O)c2cccc(NC(=O)c3nnc(CC(C)C)s3)c2)cc1. The summed E-state index contributed by atoms with van der Waals surface area (Å²) in [5.74, 6) is -0.0725. The van der Waals surface area contributed by atoms with E-state index in [0.29, 0.717) is 28.7 Å². The van der Waals surface area contributed by atoms with E-state index >= 15 is 0 Å². The van der Waals surface area contributed by atoms with Crippen LogP contribution in [0.4, 0.5) is 5.69 Å². The summed E-state index contributed by atoms with van der Waals surface area (Å²) in [4.78, 5) is 26.1. The Balaban J connectivity index is 1.59. The summed E-state index contributed by atoms with van der Waals surface area (Å²) in [6, 6.07) is 14.9. The molecule has 6 nitrogen and oxygen atoms in total. The minimum atomic E-state index is -0.325. The number of rotatable bonds is 8. The molecule has 0 bridgehead atoms. The maximum absolute atomic E-state index is 12.5. The van der Waals surface area contributed by atoms with Gasteiger partial charge in [-0.1, -0.05) is 43.4 Å². The van der Waals surface area contributed by atoms with Gasteiger partial charge in [0.15, 0.2) is 0 Å². The maximum atomic E-state index is 12.5. The summed E-state index contributed by atoms with van der Waals surface area (Å²) < 4.78 is 0. The van der Waals surface area contributed by atoms with E-state index in [1.54, 1.807) is 36.0 Å². The molecule has 156 valence electrons. The van der Waals surface area contributed by atoms with Crippen molar-refractivity contribution < 1.29 is 9.59 Å². The highest BCUT2D eigenvalue weighted by Crippen LogP contribution is 2.18.